The SMILES string of the molecule is CN(C)C1CCCC(NC(=O)NCC(C)(O)c2cccs2)C1. The van der Waals surface area contributed by atoms with Crippen LogP contribution in [0.3, 0.4) is 0 Å². The van der Waals surface area contributed by atoms with Crippen molar-refractivity contribution < 1.29 is 9.90 Å². The molecular formula is C16H27N3O2S. The molecule has 22 heavy (non-hydrogen) atoms. The van der Waals surface area contributed by atoms with E-state index in [2.05, 4.69) is 29.6 Å². The van der Waals surface area contributed by atoms with Crippen molar-refractivity contribution in [3.63, 3.8) is 0 Å². The van der Waals surface area contributed by atoms with Gasteiger partial charge in [0, 0.05) is 17.0 Å². The molecule has 3 N–H and O–H groups in total. The molecule has 3 atom stereocenters. The van der Waals surface area contributed by atoms with Crippen molar-refractivity contribution in [2.45, 2.75) is 50.3 Å². The van der Waals surface area contributed by atoms with Crippen molar-refractivity contribution in [3.8, 4) is 0 Å². The van der Waals surface area contributed by atoms with E-state index in [-0.39, 0.29) is 18.6 Å². The summed E-state index contributed by atoms with van der Waals surface area (Å²) in [5, 5.41) is 18.2. The van der Waals surface area contributed by atoms with Crippen LogP contribution in [-0.2, 0) is 5.60 Å². The first-order valence-corrected chi connectivity index (χ1v) is 8.73. The van der Waals surface area contributed by atoms with Gasteiger partial charge in [0.25, 0.3) is 0 Å². The summed E-state index contributed by atoms with van der Waals surface area (Å²) >= 11 is 1.49. The Bertz CT molecular complexity index is 474. The Morgan fingerprint density at radius 2 is 2.27 bits per heavy atom. The maximum atomic E-state index is 12.1. The van der Waals surface area contributed by atoms with Gasteiger partial charge in [-0.05, 0) is 58.1 Å². The Kier molecular flexibility index (Phi) is 5.83. The molecule has 1 heterocycles. The molecule has 124 valence electrons. The number of thiophene rings is 1. The zero-order valence-electron chi connectivity index (χ0n) is 13.6. The van der Waals surface area contributed by atoms with Crippen LogP contribution in [-0.4, -0.2) is 48.8 Å². The molecule has 3 unspecified atom stereocenters. The standard InChI is InChI=1S/C16H27N3O2S/c1-16(21,14-8-5-9-22-14)11-17-15(20)18-12-6-4-7-13(10-12)19(2)3/h5,8-9,12-13,21H,4,6-7,10-11H2,1-3H3,(H2,17,18,20). The fourth-order valence-corrected chi connectivity index (χ4v) is 3.71. The molecule has 0 spiro atoms. The Labute approximate surface area is 136 Å². The second-order valence-corrected chi connectivity index (χ2v) is 7.51. The summed E-state index contributed by atoms with van der Waals surface area (Å²) in [6.07, 6.45) is 4.35. The van der Waals surface area contributed by atoms with E-state index in [1.165, 1.54) is 17.8 Å². The summed E-state index contributed by atoms with van der Waals surface area (Å²) in [6, 6.07) is 4.34. The number of carbonyl (C=O) groups is 1. The van der Waals surface area contributed by atoms with E-state index in [0.29, 0.717) is 6.04 Å². The lowest BCUT2D eigenvalue weighted by Gasteiger charge is -2.34. The average Bonchev–Trinajstić information content (AvgIpc) is 3.00. The highest BCUT2D eigenvalue weighted by molar-refractivity contribution is 7.10. The molecule has 1 aromatic rings. The Balaban J connectivity index is 1.78. The summed E-state index contributed by atoms with van der Waals surface area (Å²) in [4.78, 5) is 15.1. The van der Waals surface area contributed by atoms with Crippen molar-refractivity contribution in [2.24, 2.45) is 0 Å². The van der Waals surface area contributed by atoms with Crippen LogP contribution in [0.5, 0.6) is 0 Å². The summed E-state index contributed by atoms with van der Waals surface area (Å²) in [7, 11) is 4.18. The Morgan fingerprint density at radius 1 is 1.50 bits per heavy atom. The van der Waals surface area contributed by atoms with Crippen molar-refractivity contribution in [2.75, 3.05) is 20.6 Å². The highest BCUT2D eigenvalue weighted by Crippen LogP contribution is 2.24. The van der Waals surface area contributed by atoms with Gasteiger partial charge >= 0.3 is 6.03 Å². The number of urea groups is 1. The van der Waals surface area contributed by atoms with E-state index in [0.717, 1.165) is 24.1 Å². The molecule has 6 heteroatoms. The second kappa shape index (κ2) is 7.44. The predicted molar refractivity (Wildman–Crippen MR) is 90.2 cm³/mol. The molecule has 2 amide bonds. The van der Waals surface area contributed by atoms with Crippen LogP contribution in [0.2, 0.25) is 0 Å². The minimum Gasteiger partial charge on any atom is -0.383 e. The fraction of sp³-hybridized carbons (Fsp3) is 0.688. The van der Waals surface area contributed by atoms with Crippen LogP contribution < -0.4 is 10.6 Å². The molecule has 2 rings (SSSR count). The first kappa shape index (κ1) is 17.2. The van der Waals surface area contributed by atoms with Crippen molar-refractivity contribution >= 4 is 17.4 Å². The number of hydrogen-bond donors (Lipinski definition) is 3. The van der Waals surface area contributed by atoms with Crippen molar-refractivity contribution in [1.29, 1.82) is 0 Å². The lowest BCUT2D eigenvalue weighted by Crippen LogP contribution is -2.49. The van der Waals surface area contributed by atoms with Gasteiger partial charge < -0.3 is 20.6 Å². The summed E-state index contributed by atoms with van der Waals surface area (Å²) < 4.78 is 0. The van der Waals surface area contributed by atoms with Gasteiger partial charge in [0.05, 0.1) is 6.54 Å². The maximum Gasteiger partial charge on any atom is 0.315 e. The van der Waals surface area contributed by atoms with E-state index in [4.69, 9.17) is 0 Å². The monoisotopic (exact) mass is 325 g/mol. The van der Waals surface area contributed by atoms with Gasteiger partial charge in [-0.25, -0.2) is 4.79 Å². The number of amides is 2. The highest BCUT2D eigenvalue weighted by Gasteiger charge is 2.27. The first-order chi connectivity index (χ1) is 10.4. The topological polar surface area (TPSA) is 64.6 Å². The minimum atomic E-state index is -1.02. The molecule has 0 bridgehead atoms. The molecular weight excluding hydrogens is 298 g/mol. The van der Waals surface area contributed by atoms with Gasteiger partial charge in [0.2, 0.25) is 0 Å². The predicted octanol–water partition coefficient (Wildman–Crippen LogP) is 2.13. The van der Waals surface area contributed by atoms with Gasteiger partial charge in [-0.3, -0.25) is 0 Å². The van der Waals surface area contributed by atoms with E-state index >= 15 is 0 Å². The van der Waals surface area contributed by atoms with Crippen LogP contribution >= 0.6 is 11.3 Å². The fourth-order valence-electron chi connectivity index (χ4n) is 2.93. The van der Waals surface area contributed by atoms with Crippen LogP contribution in [0.15, 0.2) is 17.5 Å². The zero-order valence-corrected chi connectivity index (χ0v) is 14.4. The third kappa shape index (κ3) is 4.69. The Hall–Kier alpha value is -1.11. The average molecular weight is 325 g/mol. The first-order valence-electron chi connectivity index (χ1n) is 7.85. The summed E-state index contributed by atoms with van der Waals surface area (Å²) in [5.74, 6) is 0. The lowest BCUT2D eigenvalue weighted by atomic mass is 9.90. The molecule has 0 aliphatic heterocycles. The molecule has 0 radical (unpaired) electrons. The van der Waals surface area contributed by atoms with E-state index in [9.17, 15) is 9.90 Å². The zero-order chi connectivity index (χ0) is 16.2. The molecule has 1 aliphatic rings. The van der Waals surface area contributed by atoms with Crippen molar-refractivity contribution in [3.05, 3.63) is 22.4 Å². The van der Waals surface area contributed by atoms with Gasteiger partial charge in [0.1, 0.15) is 5.60 Å². The third-order valence-electron chi connectivity index (χ3n) is 4.36. The van der Waals surface area contributed by atoms with E-state index in [1.54, 1.807) is 6.92 Å². The molecule has 1 aromatic heterocycles. The second-order valence-electron chi connectivity index (χ2n) is 6.56. The highest BCUT2D eigenvalue weighted by atomic mass is 32.1. The van der Waals surface area contributed by atoms with Crippen molar-refractivity contribution in [1.82, 2.24) is 15.5 Å². The normalized spacial score (nSPS) is 24.8. The molecule has 0 aromatic carbocycles. The largest absolute Gasteiger partial charge is 0.383 e. The maximum absolute atomic E-state index is 12.1. The molecule has 1 saturated carbocycles. The lowest BCUT2D eigenvalue weighted by molar-refractivity contribution is 0.0628. The number of aliphatic hydroxyl groups is 1. The van der Waals surface area contributed by atoms with E-state index < -0.39 is 5.60 Å². The van der Waals surface area contributed by atoms with Crippen LogP contribution in [0.4, 0.5) is 4.79 Å². The Morgan fingerprint density at radius 3 is 2.91 bits per heavy atom. The molecule has 1 aliphatic carbocycles. The summed E-state index contributed by atoms with van der Waals surface area (Å²) in [6.45, 7) is 1.94. The van der Waals surface area contributed by atoms with Gasteiger partial charge in [-0.15, -0.1) is 11.3 Å². The molecule has 5 nitrogen and oxygen atoms in total. The number of hydrogen-bond acceptors (Lipinski definition) is 4. The summed E-state index contributed by atoms with van der Waals surface area (Å²) in [5.41, 5.74) is -1.02. The van der Waals surface area contributed by atoms with Crippen LogP contribution in [0.25, 0.3) is 0 Å². The van der Waals surface area contributed by atoms with E-state index in [1.807, 2.05) is 17.5 Å². The quantitative estimate of drug-likeness (QED) is 0.777. The van der Waals surface area contributed by atoms with Gasteiger partial charge in [-0.1, -0.05) is 6.07 Å². The number of nitrogens with zero attached hydrogens (tertiary/aromatic N) is 1. The molecule has 1 fully saturated rings. The van der Waals surface area contributed by atoms with Gasteiger partial charge in [0.15, 0.2) is 0 Å². The van der Waals surface area contributed by atoms with Crippen LogP contribution in [0, 0.1) is 0 Å². The number of nitrogens with one attached hydrogen (secondary N) is 2. The third-order valence-corrected chi connectivity index (χ3v) is 5.48. The van der Waals surface area contributed by atoms with Crippen LogP contribution in [0.1, 0.15) is 37.5 Å². The molecule has 0 saturated heterocycles. The number of carbonyl (C=O) groups excluding carboxylic acids is 1. The minimum absolute atomic E-state index is 0.193. The number of rotatable bonds is 5. The smallest absolute Gasteiger partial charge is 0.315 e. The van der Waals surface area contributed by atoms with Gasteiger partial charge in [-0.2, -0.15) is 0 Å².